The van der Waals surface area contributed by atoms with Crippen LogP contribution in [-0.2, 0) is 16.6 Å². The summed E-state index contributed by atoms with van der Waals surface area (Å²) in [5.41, 5.74) is 4.50. The van der Waals surface area contributed by atoms with E-state index >= 15 is 0 Å². The zero-order valence-corrected chi connectivity index (χ0v) is 12.0. The van der Waals surface area contributed by atoms with Crippen LogP contribution < -0.4 is 0 Å². The molecule has 0 fully saturated rings. The van der Waals surface area contributed by atoms with Gasteiger partial charge in [0.15, 0.2) is 0 Å². The van der Waals surface area contributed by atoms with Crippen LogP contribution in [-0.4, -0.2) is 5.78 Å². The third kappa shape index (κ3) is 3.08. The van der Waals surface area contributed by atoms with Gasteiger partial charge >= 0.3 is 0 Å². The monoisotopic (exact) mass is 260 g/mol. The predicted octanol–water partition coefficient (Wildman–Crippen LogP) is 4.84. The number of hydrogen-bond acceptors (Lipinski definition) is 1. The van der Waals surface area contributed by atoms with Crippen LogP contribution in [0.2, 0.25) is 0 Å². The summed E-state index contributed by atoms with van der Waals surface area (Å²) < 4.78 is 0. The van der Waals surface area contributed by atoms with Crippen molar-refractivity contribution < 1.29 is 4.79 Å². The molecule has 0 spiro atoms. The quantitative estimate of drug-likeness (QED) is 0.760. The predicted molar refractivity (Wildman–Crippen MR) is 82.7 cm³/mol. The fourth-order valence-electron chi connectivity index (χ4n) is 3.26. The van der Waals surface area contributed by atoms with E-state index in [9.17, 15) is 4.79 Å². The van der Waals surface area contributed by atoms with Crippen LogP contribution in [0.25, 0.3) is 0 Å². The summed E-state index contributed by atoms with van der Waals surface area (Å²) in [5, 5.41) is 0. The van der Waals surface area contributed by atoms with Gasteiger partial charge in [0.1, 0.15) is 5.78 Å². The smallest absolute Gasteiger partial charge is 0.129 e. The fourth-order valence-corrected chi connectivity index (χ4v) is 3.26. The molecular formula is C18H28O. The molecule has 0 radical (unpaired) electrons. The zero-order valence-electron chi connectivity index (χ0n) is 12.0. The second-order valence-corrected chi connectivity index (χ2v) is 6.22. The van der Waals surface area contributed by atoms with E-state index in [1.54, 1.807) is 6.92 Å². The summed E-state index contributed by atoms with van der Waals surface area (Å²) in [6.45, 7) is 8.54. The standard InChI is InChI=1S/C17H24O.CH4/c1-12-5-8-16-15(11-12)7-6-13(2)17(16,4)10-9-14(3)18;/h5,8,11,13H,6-7,9-10H2,1-4H3;1H4/t13-,17?;/m1./s1. The molecule has 1 nitrogen and oxygen atoms in total. The largest absolute Gasteiger partial charge is 0.300 e. The Kier molecular flexibility index (Phi) is 4.95. The van der Waals surface area contributed by atoms with E-state index in [1.807, 2.05) is 0 Å². The molecule has 1 aliphatic carbocycles. The van der Waals surface area contributed by atoms with Gasteiger partial charge in [0.05, 0.1) is 0 Å². The maximum atomic E-state index is 11.3. The van der Waals surface area contributed by atoms with Gasteiger partial charge in [-0.05, 0) is 55.6 Å². The van der Waals surface area contributed by atoms with Gasteiger partial charge in [0, 0.05) is 6.42 Å². The highest BCUT2D eigenvalue weighted by molar-refractivity contribution is 5.75. The highest BCUT2D eigenvalue weighted by Crippen LogP contribution is 2.44. The molecule has 0 amide bonds. The molecule has 1 aliphatic rings. The summed E-state index contributed by atoms with van der Waals surface area (Å²) in [5.74, 6) is 0.967. The highest BCUT2D eigenvalue weighted by Gasteiger charge is 2.37. The molecular weight excluding hydrogens is 232 g/mol. The average Bonchev–Trinajstić information content (AvgIpc) is 2.32. The molecule has 2 atom stereocenters. The minimum atomic E-state index is 0. The lowest BCUT2D eigenvalue weighted by Crippen LogP contribution is -2.35. The maximum absolute atomic E-state index is 11.3. The van der Waals surface area contributed by atoms with E-state index in [0.29, 0.717) is 18.1 Å². The van der Waals surface area contributed by atoms with Crippen LogP contribution in [0.1, 0.15) is 64.2 Å². The first kappa shape index (κ1) is 15.9. The molecule has 0 saturated heterocycles. The third-order valence-electron chi connectivity index (χ3n) is 4.81. The van der Waals surface area contributed by atoms with Gasteiger partial charge in [-0.1, -0.05) is 45.0 Å². The van der Waals surface area contributed by atoms with Crippen molar-refractivity contribution in [3.63, 3.8) is 0 Å². The van der Waals surface area contributed by atoms with Gasteiger partial charge in [-0.25, -0.2) is 0 Å². The lowest BCUT2D eigenvalue weighted by molar-refractivity contribution is -0.117. The van der Waals surface area contributed by atoms with Crippen molar-refractivity contribution in [2.75, 3.05) is 0 Å². The number of ketones is 1. The number of benzene rings is 1. The second kappa shape index (κ2) is 5.90. The van der Waals surface area contributed by atoms with Crippen molar-refractivity contribution >= 4 is 5.78 Å². The Morgan fingerprint density at radius 2 is 2.11 bits per heavy atom. The topological polar surface area (TPSA) is 17.1 Å². The number of aryl methyl sites for hydroxylation is 2. The van der Waals surface area contributed by atoms with E-state index in [1.165, 1.54) is 29.5 Å². The van der Waals surface area contributed by atoms with Crippen LogP contribution in [0.5, 0.6) is 0 Å². The van der Waals surface area contributed by atoms with Crippen molar-refractivity contribution in [1.82, 2.24) is 0 Å². The van der Waals surface area contributed by atoms with E-state index in [2.05, 4.69) is 39.0 Å². The molecule has 0 aliphatic heterocycles. The van der Waals surface area contributed by atoms with Crippen molar-refractivity contribution in [3.8, 4) is 0 Å². The maximum Gasteiger partial charge on any atom is 0.129 e. The molecule has 0 saturated carbocycles. The number of rotatable bonds is 3. The molecule has 1 aromatic rings. The lowest BCUT2D eigenvalue weighted by Gasteiger charge is -2.42. The van der Waals surface area contributed by atoms with Gasteiger partial charge < -0.3 is 4.79 Å². The summed E-state index contributed by atoms with van der Waals surface area (Å²) >= 11 is 0. The Balaban J connectivity index is 0.00000180. The molecule has 2 rings (SSSR count). The van der Waals surface area contributed by atoms with Crippen LogP contribution in [0.15, 0.2) is 18.2 Å². The zero-order chi connectivity index (χ0) is 13.3. The van der Waals surface area contributed by atoms with Crippen LogP contribution in [0, 0.1) is 12.8 Å². The normalized spacial score (nSPS) is 25.4. The Morgan fingerprint density at radius 3 is 2.74 bits per heavy atom. The number of fused-ring (bicyclic) bond motifs is 1. The van der Waals surface area contributed by atoms with Crippen molar-refractivity contribution in [2.45, 2.75) is 66.2 Å². The molecule has 0 heterocycles. The Labute approximate surface area is 118 Å². The molecule has 0 N–H and O–H groups in total. The van der Waals surface area contributed by atoms with Crippen molar-refractivity contribution in [1.29, 1.82) is 0 Å². The van der Waals surface area contributed by atoms with Gasteiger partial charge in [0.25, 0.3) is 0 Å². The van der Waals surface area contributed by atoms with Crippen molar-refractivity contribution in [2.24, 2.45) is 5.92 Å². The van der Waals surface area contributed by atoms with E-state index < -0.39 is 0 Å². The molecule has 0 aromatic heterocycles. The fraction of sp³-hybridized carbons (Fsp3) is 0.611. The molecule has 19 heavy (non-hydrogen) atoms. The molecule has 1 unspecified atom stereocenters. The van der Waals surface area contributed by atoms with E-state index in [-0.39, 0.29) is 12.8 Å². The Morgan fingerprint density at radius 1 is 1.42 bits per heavy atom. The number of Topliss-reactive ketones (excluding diaryl/α,β-unsaturated/α-hetero) is 1. The first-order valence-corrected chi connectivity index (χ1v) is 7.03. The SMILES string of the molecule is C.CC(=O)CCC1(C)c2ccc(C)cc2CC[C@H]1C. The van der Waals surface area contributed by atoms with Crippen LogP contribution >= 0.6 is 0 Å². The first-order chi connectivity index (χ1) is 8.43. The summed E-state index contributed by atoms with van der Waals surface area (Å²) in [6.07, 6.45) is 4.12. The van der Waals surface area contributed by atoms with Gasteiger partial charge in [-0.2, -0.15) is 0 Å². The minimum absolute atomic E-state index is 0. The Bertz CT molecular complexity index is 461. The molecule has 106 valence electrons. The number of carbonyl (C=O) groups is 1. The lowest BCUT2D eigenvalue weighted by atomic mass is 9.62. The summed E-state index contributed by atoms with van der Waals surface area (Å²) in [6, 6.07) is 6.83. The van der Waals surface area contributed by atoms with Crippen molar-refractivity contribution in [3.05, 3.63) is 34.9 Å². The average molecular weight is 260 g/mol. The van der Waals surface area contributed by atoms with Crippen LogP contribution in [0.3, 0.4) is 0 Å². The molecule has 0 bridgehead atoms. The van der Waals surface area contributed by atoms with Crippen LogP contribution in [0.4, 0.5) is 0 Å². The van der Waals surface area contributed by atoms with Gasteiger partial charge in [-0.15, -0.1) is 0 Å². The highest BCUT2D eigenvalue weighted by atomic mass is 16.1. The van der Waals surface area contributed by atoms with Gasteiger partial charge in [-0.3, -0.25) is 0 Å². The number of carbonyl (C=O) groups excluding carboxylic acids is 1. The summed E-state index contributed by atoms with van der Waals surface area (Å²) in [7, 11) is 0. The number of hydrogen-bond donors (Lipinski definition) is 0. The van der Waals surface area contributed by atoms with E-state index in [4.69, 9.17) is 0 Å². The second-order valence-electron chi connectivity index (χ2n) is 6.22. The molecule has 1 aromatic carbocycles. The minimum Gasteiger partial charge on any atom is -0.300 e. The Hall–Kier alpha value is -1.11. The third-order valence-corrected chi connectivity index (χ3v) is 4.81. The summed E-state index contributed by atoms with van der Waals surface area (Å²) in [4.78, 5) is 11.3. The van der Waals surface area contributed by atoms with E-state index in [0.717, 1.165) is 6.42 Å². The van der Waals surface area contributed by atoms with Gasteiger partial charge in [0.2, 0.25) is 0 Å². The first-order valence-electron chi connectivity index (χ1n) is 7.03. The molecule has 1 heteroatoms.